The maximum atomic E-state index is 13.2. The van der Waals surface area contributed by atoms with Crippen LogP contribution >= 0.6 is 0 Å². The van der Waals surface area contributed by atoms with Crippen LogP contribution in [-0.4, -0.2) is 6.03 Å². The van der Waals surface area contributed by atoms with E-state index in [0.29, 0.717) is 11.3 Å². The zero-order valence-electron chi connectivity index (χ0n) is 13.2. The van der Waals surface area contributed by atoms with Crippen LogP contribution in [0.5, 0.6) is 0 Å². The molecule has 1 aliphatic carbocycles. The standard InChI is InChI=1S/C19H18FN3O/c20-16-9-7-15(8-10-16)19(11-3-4-12-19)23-18(24)22-17-6-2-1-5-14(17)13-21/h1-2,5-10H,3-4,11-12H2,(H2,22,23,24). The molecule has 0 saturated heterocycles. The van der Waals surface area contributed by atoms with Gasteiger partial charge in [-0.15, -0.1) is 0 Å². The first-order chi connectivity index (χ1) is 11.6. The van der Waals surface area contributed by atoms with Gasteiger partial charge in [0.15, 0.2) is 0 Å². The van der Waals surface area contributed by atoms with Crippen molar-refractivity contribution in [1.82, 2.24) is 5.32 Å². The van der Waals surface area contributed by atoms with Crippen LogP contribution in [0.4, 0.5) is 14.9 Å². The second-order valence-electron chi connectivity index (χ2n) is 6.03. The molecule has 2 amide bonds. The summed E-state index contributed by atoms with van der Waals surface area (Å²) in [5.41, 5.74) is 1.31. The number of carbonyl (C=O) groups is 1. The SMILES string of the molecule is N#Cc1ccccc1NC(=O)NC1(c2ccc(F)cc2)CCCC1. The molecule has 4 nitrogen and oxygen atoms in total. The Hall–Kier alpha value is -2.87. The van der Waals surface area contributed by atoms with Crippen molar-refractivity contribution in [3.05, 3.63) is 65.5 Å². The first-order valence-corrected chi connectivity index (χ1v) is 7.97. The molecule has 1 saturated carbocycles. The first-order valence-electron chi connectivity index (χ1n) is 7.97. The predicted octanol–water partition coefficient (Wildman–Crippen LogP) is 4.29. The van der Waals surface area contributed by atoms with Crippen LogP contribution in [0.3, 0.4) is 0 Å². The molecule has 0 atom stereocenters. The van der Waals surface area contributed by atoms with Gasteiger partial charge in [-0.05, 0) is 42.7 Å². The normalized spacial score (nSPS) is 15.5. The van der Waals surface area contributed by atoms with Crippen molar-refractivity contribution >= 4 is 11.7 Å². The second-order valence-corrected chi connectivity index (χ2v) is 6.03. The zero-order chi connectivity index (χ0) is 17.0. The largest absolute Gasteiger partial charge is 0.328 e. The minimum atomic E-state index is -0.487. The number of anilines is 1. The average Bonchev–Trinajstić information content (AvgIpc) is 3.05. The van der Waals surface area contributed by atoms with E-state index in [4.69, 9.17) is 5.26 Å². The number of benzene rings is 2. The smallest absolute Gasteiger partial charge is 0.319 e. The molecule has 0 unspecified atom stereocenters. The van der Waals surface area contributed by atoms with Gasteiger partial charge in [-0.3, -0.25) is 0 Å². The maximum absolute atomic E-state index is 13.2. The van der Waals surface area contributed by atoms with E-state index >= 15 is 0 Å². The maximum Gasteiger partial charge on any atom is 0.319 e. The topological polar surface area (TPSA) is 64.9 Å². The van der Waals surface area contributed by atoms with Crippen LogP contribution in [0.25, 0.3) is 0 Å². The molecule has 5 heteroatoms. The van der Waals surface area contributed by atoms with Gasteiger partial charge < -0.3 is 10.6 Å². The van der Waals surface area contributed by atoms with Gasteiger partial charge in [-0.25, -0.2) is 9.18 Å². The van der Waals surface area contributed by atoms with E-state index in [9.17, 15) is 9.18 Å². The van der Waals surface area contributed by atoms with Gasteiger partial charge in [0.25, 0.3) is 0 Å². The summed E-state index contributed by atoms with van der Waals surface area (Å²) >= 11 is 0. The Kier molecular flexibility index (Phi) is 4.48. The minimum absolute atomic E-state index is 0.292. The van der Waals surface area contributed by atoms with Crippen molar-refractivity contribution in [3.8, 4) is 6.07 Å². The molecule has 1 aliphatic rings. The summed E-state index contributed by atoms with van der Waals surface area (Å²) in [5.74, 6) is -0.292. The molecule has 24 heavy (non-hydrogen) atoms. The molecule has 0 heterocycles. The number of amides is 2. The van der Waals surface area contributed by atoms with E-state index in [2.05, 4.69) is 16.7 Å². The summed E-state index contributed by atoms with van der Waals surface area (Å²) in [6.45, 7) is 0. The number of rotatable bonds is 3. The van der Waals surface area contributed by atoms with Gasteiger partial charge in [-0.2, -0.15) is 5.26 Å². The summed E-state index contributed by atoms with van der Waals surface area (Å²) in [6.07, 6.45) is 3.64. The molecule has 0 aliphatic heterocycles. The average molecular weight is 323 g/mol. The Morgan fingerprint density at radius 2 is 1.75 bits per heavy atom. The van der Waals surface area contributed by atoms with Crippen LogP contribution in [0.15, 0.2) is 48.5 Å². The Balaban J connectivity index is 1.80. The van der Waals surface area contributed by atoms with Crippen molar-refractivity contribution < 1.29 is 9.18 Å². The quantitative estimate of drug-likeness (QED) is 0.885. The molecular weight excluding hydrogens is 305 g/mol. The lowest BCUT2D eigenvalue weighted by Crippen LogP contribution is -2.45. The predicted molar refractivity (Wildman–Crippen MR) is 89.9 cm³/mol. The first kappa shape index (κ1) is 16.0. The lowest BCUT2D eigenvalue weighted by molar-refractivity contribution is 0.236. The molecule has 0 bridgehead atoms. The number of urea groups is 1. The second kappa shape index (κ2) is 6.71. The summed E-state index contributed by atoms with van der Waals surface area (Å²) in [4.78, 5) is 12.5. The van der Waals surface area contributed by atoms with Crippen LogP contribution in [0.1, 0.15) is 36.8 Å². The van der Waals surface area contributed by atoms with Crippen molar-refractivity contribution in [3.63, 3.8) is 0 Å². The molecule has 0 radical (unpaired) electrons. The Labute approximate surface area is 140 Å². The number of nitriles is 1. The van der Waals surface area contributed by atoms with Crippen LogP contribution in [0, 0.1) is 17.1 Å². The number of para-hydroxylation sites is 1. The van der Waals surface area contributed by atoms with Gasteiger partial charge in [0.1, 0.15) is 11.9 Å². The molecule has 3 rings (SSSR count). The Morgan fingerprint density at radius 3 is 2.42 bits per heavy atom. The molecule has 0 aromatic heterocycles. The molecule has 122 valence electrons. The summed E-state index contributed by atoms with van der Waals surface area (Å²) in [5, 5.41) is 14.9. The van der Waals surface area contributed by atoms with Crippen molar-refractivity contribution in [2.75, 3.05) is 5.32 Å². The number of hydrogen-bond acceptors (Lipinski definition) is 2. The zero-order valence-corrected chi connectivity index (χ0v) is 13.2. The van der Waals surface area contributed by atoms with Crippen LogP contribution in [0.2, 0.25) is 0 Å². The highest BCUT2D eigenvalue weighted by atomic mass is 19.1. The van der Waals surface area contributed by atoms with E-state index in [1.807, 2.05) is 0 Å². The summed E-state index contributed by atoms with van der Waals surface area (Å²) in [6, 6.07) is 14.8. The van der Waals surface area contributed by atoms with E-state index in [-0.39, 0.29) is 11.8 Å². The number of nitrogens with zero attached hydrogens (tertiary/aromatic N) is 1. The molecule has 2 aromatic rings. The third kappa shape index (κ3) is 3.23. The monoisotopic (exact) mass is 323 g/mol. The van der Waals surface area contributed by atoms with E-state index < -0.39 is 5.54 Å². The van der Waals surface area contributed by atoms with Gasteiger partial charge >= 0.3 is 6.03 Å². The van der Waals surface area contributed by atoms with Crippen molar-refractivity contribution in [2.24, 2.45) is 0 Å². The van der Waals surface area contributed by atoms with Gasteiger partial charge in [0.2, 0.25) is 0 Å². The fourth-order valence-corrected chi connectivity index (χ4v) is 3.29. The highest BCUT2D eigenvalue weighted by Gasteiger charge is 2.37. The summed E-state index contributed by atoms with van der Waals surface area (Å²) in [7, 11) is 0. The number of halogens is 1. The Morgan fingerprint density at radius 1 is 1.08 bits per heavy atom. The highest BCUT2D eigenvalue weighted by Crippen LogP contribution is 2.38. The highest BCUT2D eigenvalue weighted by molar-refractivity contribution is 5.91. The van der Waals surface area contributed by atoms with Crippen molar-refractivity contribution in [2.45, 2.75) is 31.2 Å². The summed E-state index contributed by atoms with van der Waals surface area (Å²) < 4.78 is 13.2. The van der Waals surface area contributed by atoms with E-state index in [1.54, 1.807) is 36.4 Å². The van der Waals surface area contributed by atoms with E-state index in [0.717, 1.165) is 31.2 Å². The molecular formula is C19H18FN3O. The molecule has 2 N–H and O–H groups in total. The third-order valence-electron chi connectivity index (χ3n) is 4.50. The van der Waals surface area contributed by atoms with E-state index in [1.165, 1.54) is 12.1 Å². The van der Waals surface area contributed by atoms with Crippen LogP contribution < -0.4 is 10.6 Å². The minimum Gasteiger partial charge on any atom is -0.328 e. The van der Waals surface area contributed by atoms with Crippen LogP contribution in [-0.2, 0) is 5.54 Å². The number of hydrogen-bond donors (Lipinski definition) is 2. The number of carbonyl (C=O) groups excluding carboxylic acids is 1. The van der Waals surface area contributed by atoms with Crippen molar-refractivity contribution in [1.29, 1.82) is 5.26 Å². The third-order valence-corrected chi connectivity index (χ3v) is 4.50. The Bertz CT molecular complexity index is 774. The molecule has 0 spiro atoms. The number of nitrogens with one attached hydrogen (secondary N) is 2. The molecule has 1 fully saturated rings. The van der Waals surface area contributed by atoms with Gasteiger partial charge in [-0.1, -0.05) is 37.1 Å². The van der Waals surface area contributed by atoms with Gasteiger partial charge in [0.05, 0.1) is 16.8 Å². The van der Waals surface area contributed by atoms with Gasteiger partial charge in [0, 0.05) is 0 Å². The fourth-order valence-electron chi connectivity index (χ4n) is 3.29. The lowest BCUT2D eigenvalue weighted by atomic mass is 9.88. The fraction of sp³-hybridized carbons (Fsp3) is 0.263. The molecule has 2 aromatic carbocycles. The lowest BCUT2D eigenvalue weighted by Gasteiger charge is -2.31.